The molecule has 0 spiro atoms. The van der Waals surface area contributed by atoms with Gasteiger partial charge in [0.25, 0.3) is 0 Å². The number of carbonyl (C=O) groups excluding carboxylic acids is 1. The largest absolute Gasteiger partial charge is 0.394 e. The van der Waals surface area contributed by atoms with Crippen molar-refractivity contribution in [1.82, 2.24) is 5.32 Å². The van der Waals surface area contributed by atoms with E-state index in [0.717, 1.165) is 44.9 Å². The third-order valence-electron chi connectivity index (χ3n) is 16.4. The minimum Gasteiger partial charge on any atom is -0.394 e. The van der Waals surface area contributed by atoms with Gasteiger partial charge in [-0.3, -0.25) is 4.79 Å². The summed E-state index contributed by atoms with van der Waals surface area (Å²) in [5.74, 6) is -0.182. The summed E-state index contributed by atoms with van der Waals surface area (Å²) in [6.07, 6.45) is 73.6. The third-order valence-corrected chi connectivity index (χ3v) is 16.4. The van der Waals surface area contributed by atoms with Crippen LogP contribution in [0.1, 0.15) is 335 Å². The zero-order valence-electron chi connectivity index (χ0n) is 51.9. The number of nitrogens with one attached hydrogen (secondary N) is 1. The monoisotopic (exact) mass is 1110 g/mol. The first-order valence-corrected chi connectivity index (χ1v) is 34.4. The molecule has 6 N–H and O–H groups in total. The Morgan fingerprint density at radius 1 is 0.430 bits per heavy atom. The van der Waals surface area contributed by atoms with Crippen molar-refractivity contribution in [3.05, 3.63) is 48.6 Å². The van der Waals surface area contributed by atoms with Crippen LogP contribution >= 0.6 is 0 Å². The van der Waals surface area contributed by atoms with Gasteiger partial charge in [-0.2, -0.15) is 0 Å². The first-order valence-electron chi connectivity index (χ1n) is 34.4. The second-order valence-electron chi connectivity index (χ2n) is 24.0. The Morgan fingerprint density at radius 3 is 1.14 bits per heavy atom. The van der Waals surface area contributed by atoms with E-state index in [0.29, 0.717) is 6.42 Å². The predicted molar refractivity (Wildman–Crippen MR) is 336 cm³/mol. The number of ether oxygens (including phenoxy) is 2. The maximum Gasteiger partial charge on any atom is 0.220 e. The van der Waals surface area contributed by atoms with Crippen LogP contribution in [0, 0.1) is 0 Å². The van der Waals surface area contributed by atoms with E-state index in [1.807, 2.05) is 6.08 Å². The molecule has 0 aromatic rings. The van der Waals surface area contributed by atoms with E-state index in [1.54, 1.807) is 6.08 Å². The summed E-state index contributed by atoms with van der Waals surface area (Å²) in [7, 11) is 0. The standard InChI is InChI=1S/C70H131NO8/c1-3-5-7-9-11-13-15-17-19-21-23-25-27-29-31-32-34-36-38-40-42-44-46-48-50-52-54-56-58-60-66(74)71-63(62-78-70-69(77)68(76)67(75)65(61-72)79-70)64(73)59-57-55-53-51-49-47-45-43-41-39-37-35-33-30-28-26-24-22-20-18-16-14-12-10-8-6-4-2/h15,17,21,23,49,51,57,59,63-65,67-70,72-73,75-77H,3-14,16,18-20,22,24-48,50,52-56,58,60-62H2,1-2H3,(H,71,74)/b17-15-,23-21-,51-49+,59-57+. The Balaban J connectivity index is 2.16. The van der Waals surface area contributed by atoms with E-state index in [1.165, 1.54) is 270 Å². The molecule has 1 aliphatic heterocycles. The number of rotatable bonds is 60. The van der Waals surface area contributed by atoms with Crippen molar-refractivity contribution in [2.45, 2.75) is 378 Å². The van der Waals surface area contributed by atoms with Gasteiger partial charge in [0, 0.05) is 6.42 Å². The van der Waals surface area contributed by atoms with Gasteiger partial charge in [-0.15, -0.1) is 0 Å². The number of allylic oxidation sites excluding steroid dienone is 7. The van der Waals surface area contributed by atoms with E-state index < -0.39 is 49.5 Å². The van der Waals surface area contributed by atoms with Crippen LogP contribution in [0.15, 0.2) is 48.6 Å². The Hall–Kier alpha value is -1.85. The van der Waals surface area contributed by atoms with E-state index in [4.69, 9.17) is 9.47 Å². The minimum absolute atomic E-state index is 0.182. The lowest BCUT2D eigenvalue weighted by molar-refractivity contribution is -0.302. The molecule has 1 rings (SSSR count). The molecular weight excluding hydrogens is 983 g/mol. The van der Waals surface area contributed by atoms with Gasteiger partial charge < -0.3 is 40.3 Å². The molecule has 79 heavy (non-hydrogen) atoms. The molecule has 1 saturated heterocycles. The Kier molecular flexibility index (Phi) is 56.4. The summed E-state index contributed by atoms with van der Waals surface area (Å²) in [4.78, 5) is 13.1. The lowest BCUT2D eigenvalue weighted by atomic mass is 9.99. The fourth-order valence-corrected chi connectivity index (χ4v) is 11.0. The topological polar surface area (TPSA) is 149 Å². The lowest BCUT2D eigenvalue weighted by Gasteiger charge is -2.40. The van der Waals surface area contributed by atoms with Crippen LogP contribution in [-0.4, -0.2) is 87.5 Å². The van der Waals surface area contributed by atoms with Crippen LogP contribution in [-0.2, 0) is 14.3 Å². The van der Waals surface area contributed by atoms with Crippen LogP contribution in [0.5, 0.6) is 0 Å². The van der Waals surface area contributed by atoms with Gasteiger partial charge in [-0.25, -0.2) is 0 Å². The first-order chi connectivity index (χ1) is 38.8. The molecule has 0 aromatic heterocycles. The normalized spacial score (nSPS) is 18.8. The molecule has 0 radical (unpaired) electrons. The summed E-state index contributed by atoms with van der Waals surface area (Å²) < 4.78 is 11.3. The van der Waals surface area contributed by atoms with Gasteiger partial charge in [0.15, 0.2) is 6.29 Å². The highest BCUT2D eigenvalue weighted by Gasteiger charge is 2.44. The number of hydrogen-bond donors (Lipinski definition) is 6. The number of aliphatic hydroxyl groups is 5. The zero-order valence-corrected chi connectivity index (χ0v) is 51.9. The molecule has 7 unspecified atom stereocenters. The predicted octanol–water partition coefficient (Wildman–Crippen LogP) is 18.4. The summed E-state index contributed by atoms with van der Waals surface area (Å²) in [6, 6.07) is -0.823. The minimum atomic E-state index is -1.57. The van der Waals surface area contributed by atoms with Crippen molar-refractivity contribution >= 4 is 5.91 Å². The van der Waals surface area contributed by atoms with Gasteiger partial charge in [-0.05, 0) is 64.2 Å². The molecular formula is C70H131NO8. The number of hydrogen-bond acceptors (Lipinski definition) is 8. The summed E-state index contributed by atoms with van der Waals surface area (Å²) in [5, 5.41) is 54.7. The highest BCUT2D eigenvalue weighted by Crippen LogP contribution is 2.23. The van der Waals surface area contributed by atoms with Crippen molar-refractivity contribution in [2.24, 2.45) is 0 Å². The maximum atomic E-state index is 13.1. The fourth-order valence-electron chi connectivity index (χ4n) is 11.0. The van der Waals surface area contributed by atoms with E-state index in [9.17, 15) is 30.3 Å². The average Bonchev–Trinajstić information content (AvgIpc) is 3.47. The van der Waals surface area contributed by atoms with Crippen LogP contribution in [0.3, 0.4) is 0 Å². The molecule has 0 aliphatic carbocycles. The molecule has 1 aliphatic rings. The van der Waals surface area contributed by atoms with Gasteiger partial charge in [0.05, 0.1) is 25.4 Å². The number of carbonyl (C=O) groups is 1. The van der Waals surface area contributed by atoms with Crippen LogP contribution in [0.2, 0.25) is 0 Å². The SMILES string of the molecule is CCCCCCC/C=C\C/C=C\CCCCCCCCCCCCCCCCCCCC(=O)NC(COC1OC(CO)C(O)C(O)C1O)C(O)/C=C/CC/C=C/CCCCCCCCCCCCCCCCCCCCCCC. The number of unbranched alkanes of at least 4 members (excludes halogenated alkanes) is 44. The fraction of sp³-hybridized carbons (Fsp3) is 0.871. The van der Waals surface area contributed by atoms with Crippen molar-refractivity contribution in [3.8, 4) is 0 Å². The van der Waals surface area contributed by atoms with Crippen LogP contribution < -0.4 is 5.32 Å². The second-order valence-corrected chi connectivity index (χ2v) is 24.0. The molecule has 0 aromatic carbocycles. The van der Waals surface area contributed by atoms with Gasteiger partial charge in [0.1, 0.15) is 24.4 Å². The molecule has 7 atom stereocenters. The van der Waals surface area contributed by atoms with Gasteiger partial charge >= 0.3 is 0 Å². The molecule has 1 heterocycles. The highest BCUT2D eigenvalue weighted by molar-refractivity contribution is 5.76. The van der Waals surface area contributed by atoms with Gasteiger partial charge in [0.2, 0.25) is 5.91 Å². The second kappa shape index (κ2) is 59.3. The van der Waals surface area contributed by atoms with E-state index in [2.05, 4.69) is 55.6 Å². The molecule has 464 valence electrons. The number of amides is 1. The smallest absolute Gasteiger partial charge is 0.220 e. The summed E-state index contributed by atoms with van der Waals surface area (Å²) in [6.45, 7) is 3.80. The Morgan fingerprint density at radius 2 is 0.759 bits per heavy atom. The zero-order chi connectivity index (χ0) is 57.2. The lowest BCUT2D eigenvalue weighted by Crippen LogP contribution is -2.60. The molecule has 9 nitrogen and oxygen atoms in total. The van der Waals surface area contributed by atoms with Crippen molar-refractivity contribution in [3.63, 3.8) is 0 Å². The highest BCUT2D eigenvalue weighted by atomic mass is 16.7. The molecule has 1 amide bonds. The first kappa shape index (κ1) is 75.2. The number of aliphatic hydroxyl groups excluding tert-OH is 5. The summed E-state index contributed by atoms with van der Waals surface area (Å²) >= 11 is 0. The van der Waals surface area contributed by atoms with Crippen molar-refractivity contribution in [1.29, 1.82) is 0 Å². The molecule has 1 fully saturated rings. The molecule has 0 bridgehead atoms. The molecule has 0 saturated carbocycles. The van der Waals surface area contributed by atoms with E-state index in [-0.39, 0.29) is 12.5 Å². The Labute approximate surface area is 488 Å². The van der Waals surface area contributed by atoms with E-state index >= 15 is 0 Å². The van der Waals surface area contributed by atoms with Crippen molar-refractivity contribution in [2.75, 3.05) is 13.2 Å². The average molecular weight is 1110 g/mol. The third kappa shape index (κ3) is 48.3. The summed E-state index contributed by atoms with van der Waals surface area (Å²) in [5.41, 5.74) is 0. The van der Waals surface area contributed by atoms with Crippen LogP contribution in [0.4, 0.5) is 0 Å². The van der Waals surface area contributed by atoms with Gasteiger partial charge in [-0.1, -0.05) is 313 Å². The van der Waals surface area contributed by atoms with Crippen molar-refractivity contribution < 1.29 is 39.8 Å². The maximum absolute atomic E-state index is 13.1. The quantitative estimate of drug-likeness (QED) is 0.0261. The van der Waals surface area contributed by atoms with Crippen LogP contribution in [0.25, 0.3) is 0 Å². The Bertz CT molecular complexity index is 1380. The molecule has 9 heteroatoms.